The SMILES string of the molecule is N[C@@H]1CC[C@H](C(=O)O)CN(C(=O)c2ccccc2N2CCOCC2)C1.O=CO. The average molecular weight is 393 g/mol. The standard InChI is InChI=1S/C18H25N3O4.CH2O2/c19-14-6-5-13(18(23)24)11-21(12-14)17(22)15-3-1-2-4-16(15)20-7-9-25-10-8-20;2-1-3/h1-4,13-14H,5-12,19H2,(H,23,24);1H,(H,2,3)/t13-,14+;/m0./s1. The number of rotatable bonds is 3. The van der Waals surface area contributed by atoms with Crippen molar-refractivity contribution in [3.63, 3.8) is 0 Å². The molecular formula is C19H27N3O6. The number of hydrogen-bond donors (Lipinski definition) is 3. The first-order chi connectivity index (χ1) is 13.5. The molecular weight excluding hydrogens is 366 g/mol. The molecule has 1 aromatic carbocycles. The lowest BCUT2D eigenvalue weighted by molar-refractivity contribution is -0.142. The summed E-state index contributed by atoms with van der Waals surface area (Å²) in [7, 11) is 0. The van der Waals surface area contributed by atoms with Gasteiger partial charge in [-0.2, -0.15) is 0 Å². The Balaban J connectivity index is 0.000000878. The van der Waals surface area contributed by atoms with Crippen molar-refractivity contribution in [1.82, 2.24) is 4.90 Å². The number of aliphatic carboxylic acids is 1. The molecule has 154 valence electrons. The zero-order valence-electron chi connectivity index (χ0n) is 15.7. The molecule has 9 nitrogen and oxygen atoms in total. The Morgan fingerprint density at radius 3 is 2.43 bits per heavy atom. The molecule has 0 aliphatic carbocycles. The summed E-state index contributed by atoms with van der Waals surface area (Å²) in [5, 5.41) is 16.3. The first kappa shape index (κ1) is 21.6. The van der Waals surface area contributed by atoms with E-state index < -0.39 is 11.9 Å². The molecule has 28 heavy (non-hydrogen) atoms. The molecule has 1 amide bonds. The molecule has 0 unspecified atom stereocenters. The highest BCUT2D eigenvalue weighted by molar-refractivity contribution is 6.00. The van der Waals surface area contributed by atoms with E-state index in [1.165, 1.54) is 0 Å². The van der Waals surface area contributed by atoms with Crippen molar-refractivity contribution < 1.29 is 29.3 Å². The molecule has 0 bridgehead atoms. The maximum Gasteiger partial charge on any atom is 0.308 e. The number of hydrogen-bond acceptors (Lipinski definition) is 6. The summed E-state index contributed by atoms with van der Waals surface area (Å²) in [6.45, 7) is 3.10. The number of anilines is 1. The van der Waals surface area contributed by atoms with Crippen LogP contribution in [0.2, 0.25) is 0 Å². The predicted octanol–water partition coefficient (Wildman–Crippen LogP) is 0.488. The molecule has 0 aromatic heterocycles. The third kappa shape index (κ3) is 5.67. The van der Waals surface area contributed by atoms with E-state index in [4.69, 9.17) is 20.4 Å². The van der Waals surface area contributed by atoms with Crippen molar-refractivity contribution in [3.05, 3.63) is 29.8 Å². The number of amides is 1. The van der Waals surface area contributed by atoms with Crippen molar-refractivity contribution >= 4 is 24.0 Å². The molecule has 3 rings (SSSR count). The predicted molar refractivity (Wildman–Crippen MR) is 102 cm³/mol. The first-order valence-corrected chi connectivity index (χ1v) is 9.25. The summed E-state index contributed by atoms with van der Waals surface area (Å²) in [5.74, 6) is -1.58. The highest BCUT2D eigenvalue weighted by Crippen LogP contribution is 2.25. The van der Waals surface area contributed by atoms with E-state index in [2.05, 4.69) is 4.90 Å². The van der Waals surface area contributed by atoms with Gasteiger partial charge < -0.3 is 30.5 Å². The Bertz CT molecular complexity index is 677. The normalized spacial score (nSPS) is 22.5. The lowest BCUT2D eigenvalue weighted by atomic mass is 10.0. The van der Waals surface area contributed by atoms with Crippen molar-refractivity contribution in [2.75, 3.05) is 44.3 Å². The van der Waals surface area contributed by atoms with Crippen LogP contribution in [0.1, 0.15) is 23.2 Å². The summed E-state index contributed by atoms with van der Waals surface area (Å²) >= 11 is 0. The van der Waals surface area contributed by atoms with Gasteiger partial charge in [0.15, 0.2) is 0 Å². The van der Waals surface area contributed by atoms with Crippen LogP contribution in [-0.4, -0.2) is 78.9 Å². The number of nitrogens with zero attached hydrogens (tertiary/aromatic N) is 2. The number of carbonyl (C=O) groups excluding carboxylic acids is 1. The highest BCUT2D eigenvalue weighted by atomic mass is 16.5. The molecule has 4 N–H and O–H groups in total. The zero-order valence-corrected chi connectivity index (χ0v) is 15.7. The molecule has 2 atom stereocenters. The molecule has 2 aliphatic heterocycles. The molecule has 0 spiro atoms. The minimum atomic E-state index is -0.867. The number of carboxylic acids is 1. The molecule has 2 saturated heterocycles. The van der Waals surface area contributed by atoms with Gasteiger partial charge in [-0.15, -0.1) is 0 Å². The monoisotopic (exact) mass is 393 g/mol. The smallest absolute Gasteiger partial charge is 0.308 e. The van der Waals surface area contributed by atoms with Crippen molar-refractivity contribution in [1.29, 1.82) is 0 Å². The van der Waals surface area contributed by atoms with E-state index in [-0.39, 0.29) is 25.0 Å². The largest absolute Gasteiger partial charge is 0.483 e. The van der Waals surface area contributed by atoms with Crippen molar-refractivity contribution in [2.45, 2.75) is 18.9 Å². The lowest BCUT2D eigenvalue weighted by Crippen LogP contribution is -2.43. The highest BCUT2D eigenvalue weighted by Gasteiger charge is 2.31. The summed E-state index contributed by atoms with van der Waals surface area (Å²) in [6.07, 6.45) is 1.12. The molecule has 2 heterocycles. The number of ether oxygens (including phenoxy) is 1. The van der Waals surface area contributed by atoms with Crippen LogP contribution in [0.15, 0.2) is 24.3 Å². The van der Waals surface area contributed by atoms with Gasteiger partial charge in [0.25, 0.3) is 12.4 Å². The van der Waals surface area contributed by atoms with Crippen molar-refractivity contribution in [2.24, 2.45) is 11.7 Å². The van der Waals surface area contributed by atoms with Crippen LogP contribution in [-0.2, 0) is 14.3 Å². The third-order valence-electron chi connectivity index (χ3n) is 4.90. The fourth-order valence-electron chi connectivity index (χ4n) is 3.49. The van der Waals surface area contributed by atoms with Crippen LogP contribution >= 0.6 is 0 Å². The van der Waals surface area contributed by atoms with E-state index in [1.807, 2.05) is 18.2 Å². The number of para-hydroxylation sites is 1. The third-order valence-corrected chi connectivity index (χ3v) is 4.90. The van der Waals surface area contributed by atoms with Gasteiger partial charge in [-0.1, -0.05) is 12.1 Å². The second-order valence-electron chi connectivity index (χ2n) is 6.80. The summed E-state index contributed by atoms with van der Waals surface area (Å²) in [5.41, 5.74) is 7.55. The average Bonchev–Trinajstić information content (AvgIpc) is 2.90. The number of carbonyl (C=O) groups is 3. The fraction of sp³-hybridized carbons (Fsp3) is 0.526. The Hall–Kier alpha value is -2.65. The fourth-order valence-corrected chi connectivity index (χ4v) is 3.49. The number of likely N-dealkylation sites (tertiary alicyclic amines) is 1. The van der Waals surface area contributed by atoms with E-state index in [0.29, 0.717) is 38.2 Å². The minimum absolute atomic E-state index is 0.148. The maximum absolute atomic E-state index is 13.1. The van der Waals surface area contributed by atoms with Crippen LogP contribution < -0.4 is 10.6 Å². The number of carboxylic acid groups (broad SMARTS) is 2. The summed E-state index contributed by atoms with van der Waals surface area (Å²) in [6, 6.07) is 7.30. The Kier molecular flexibility index (Phi) is 8.21. The van der Waals surface area contributed by atoms with Gasteiger partial charge in [0, 0.05) is 37.9 Å². The molecule has 0 saturated carbocycles. The van der Waals surface area contributed by atoms with Crippen molar-refractivity contribution in [3.8, 4) is 0 Å². The second-order valence-corrected chi connectivity index (χ2v) is 6.80. The van der Waals surface area contributed by atoms with Crippen LogP contribution in [0.4, 0.5) is 5.69 Å². The van der Waals surface area contributed by atoms with Gasteiger partial charge >= 0.3 is 5.97 Å². The van der Waals surface area contributed by atoms with E-state index in [1.54, 1.807) is 11.0 Å². The van der Waals surface area contributed by atoms with E-state index in [9.17, 15) is 14.7 Å². The summed E-state index contributed by atoms with van der Waals surface area (Å²) in [4.78, 5) is 36.7. The maximum atomic E-state index is 13.1. The van der Waals surface area contributed by atoms with Gasteiger partial charge in [-0.05, 0) is 25.0 Å². The molecule has 0 radical (unpaired) electrons. The number of benzene rings is 1. The minimum Gasteiger partial charge on any atom is -0.483 e. The number of nitrogens with two attached hydrogens (primary N) is 1. The van der Waals surface area contributed by atoms with E-state index >= 15 is 0 Å². The van der Waals surface area contributed by atoms with E-state index in [0.717, 1.165) is 18.8 Å². The van der Waals surface area contributed by atoms with Crippen LogP contribution in [0.25, 0.3) is 0 Å². The quantitative estimate of drug-likeness (QED) is 0.632. The van der Waals surface area contributed by atoms with Gasteiger partial charge in [0.05, 0.1) is 24.7 Å². The Morgan fingerprint density at radius 2 is 1.79 bits per heavy atom. The van der Waals surface area contributed by atoms with Crippen LogP contribution in [0.5, 0.6) is 0 Å². The molecule has 9 heteroatoms. The topological polar surface area (TPSA) is 133 Å². The van der Waals surface area contributed by atoms with Gasteiger partial charge in [-0.25, -0.2) is 0 Å². The molecule has 1 aromatic rings. The second kappa shape index (κ2) is 10.6. The summed E-state index contributed by atoms with van der Waals surface area (Å²) < 4.78 is 5.39. The Labute approximate surface area is 163 Å². The molecule has 2 aliphatic rings. The van der Waals surface area contributed by atoms with Gasteiger partial charge in [0.1, 0.15) is 0 Å². The number of morpholine rings is 1. The Morgan fingerprint density at radius 1 is 1.14 bits per heavy atom. The first-order valence-electron chi connectivity index (χ1n) is 9.25. The van der Waals surface area contributed by atoms with Crippen LogP contribution in [0.3, 0.4) is 0 Å². The molecule has 2 fully saturated rings. The van der Waals surface area contributed by atoms with Gasteiger partial charge in [-0.3, -0.25) is 14.4 Å². The zero-order chi connectivity index (χ0) is 20.5. The van der Waals surface area contributed by atoms with Crippen LogP contribution in [0, 0.1) is 5.92 Å². The lowest BCUT2D eigenvalue weighted by Gasteiger charge is -2.32. The van der Waals surface area contributed by atoms with Gasteiger partial charge in [0.2, 0.25) is 0 Å².